The van der Waals surface area contributed by atoms with Gasteiger partial charge in [0.2, 0.25) is 0 Å². The van der Waals surface area contributed by atoms with Crippen LogP contribution in [0.1, 0.15) is 41.3 Å². The van der Waals surface area contributed by atoms with Crippen LogP contribution in [0.15, 0.2) is 66.7 Å². The fourth-order valence-electron chi connectivity index (χ4n) is 3.58. The summed E-state index contributed by atoms with van der Waals surface area (Å²) < 4.78 is 11.8. The van der Waals surface area contributed by atoms with Gasteiger partial charge in [0, 0.05) is 17.8 Å². The molecule has 0 aliphatic carbocycles. The molecule has 0 radical (unpaired) electrons. The van der Waals surface area contributed by atoms with E-state index < -0.39 is 0 Å². The first-order valence-corrected chi connectivity index (χ1v) is 11.6. The molecule has 3 nitrogen and oxygen atoms in total. The Bertz CT molecular complexity index is 943. The van der Waals surface area contributed by atoms with Gasteiger partial charge in [0.15, 0.2) is 0 Å². The molecular weight excluding hydrogens is 389 g/mol. The lowest BCUT2D eigenvalue weighted by Crippen LogP contribution is -2.14. The molecule has 0 saturated heterocycles. The Hall–Kier alpha value is -2.35. The van der Waals surface area contributed by atoms with Crippen molar-refractivity contribution in [2.75, 3.05) is 14.2 Å². The molecule has 0 fully saturated rings. The maximum Gasteiger partial charge on any atom is 0.123 e. The number of methoxy groups -OCH3 is 1. The van der Waals surface area contributed by atoms with Gasteiger partial charge < -0.3 is 14.8 Å². The van der Waals surface area contributed by atoms with E-state index >= 15 is 0 Å². The molecule has 4 heteroatoms. The minimum absolute atomic E-state index is 0.379. The van der Waals surface area contributed by atoms with E-state index in [0.717, 1.165) is 24.5 Å². The van der Waals surface area contributed by atoms with Crippen molar-refractivity contribution in [3.8, 4) is 11.5 Å². The lowest BCUT2D eigenvalue weighted by molar-refractivity contribution is 0.301. The maximum atomic E-state index is 6.28. The van der Waals surface area contributed by atoms with Crippen LogP contribution >= 0.6 is 8.58 Å². The first-order valence-electron chi connectivity index (χ1n) is 10.5. The second kappa shape index (κ2) is 11.2. The van der Waals surface area contributed by atoms with Gasteiger partial charge in [0.25, 0.3) is 0 Å². The van der Waals surface area contributed by atoms with Gasteiger partial charge >= 0.3 is 0 Å². The minimum atomic E-state index is 0.379. The number of aryl methyl sites for hydroxylation is 1. The Kier molecular flexibility index (Phi) is 8.30. The van der Waals surface area contributed by atoms with E-state index in [-0.39, 0.29) is 0 Å². The number of rotatable bonds is 10. The molecule has 0 aliphatic rings. The van der Waals surface area contributed by atoms with Gasteiger partial charge in [-0.25, -0.2) is 0 Å². The highest BCUT2D eigenvalue weighted by Gasteiger charge is 2.18. The second-order valence-corrected chi connectivity index (χ2v) is 9.00. The van der Waals surface area contributed by atoms with Crippen LogP contribution in [0, 0.1) is 6.92 Å². The topological polar surface area (TPSA) is 30.5 Å². The molecule has 3 aromatic carbocycles. The van der Waals surface area contributed by atoms with Crippen molar-refractivity contribution >= 4 is 13.9 Å². The predicted molar refractivity (Wildman–Crippen MR) is 129 cm³/mol. The fraction of sp³-hybridized carbons (Fsp3) is 0.308. The van der Waals surface area contributed by atoms with Crippen molar-refractivity contribution in [1.29, 1.82) is 0 Å². The Balaban J connectivity index is 1.89. The largest absolute Gasteiger partial charge is 0.497 e. The van der Waals surface area contributed by atoms with E-state index in [2.05, 4.69) is 55.6 Å². The second-order valence-electron chi connectivity index (χ2n) is 7.47. The summed E-state index contributed by atoms with van der Waals surface area (Å²) >= 11 is 0. The van der Waals surface area contributed by atoms with E-state index in [1.54, 1.807) is 7.11 Å². The standard InChI is InChI=1S/C26H32NO2P/c1-5-25(30-26-14-11-19(2)15-21(26)17-27-3)23-16-22(28-4)12-13-24(23)29-18-20-9-7-6-8-10-20/h6-16,25,27,30H,5,17-18H2,1-4H3. The number of hydrogen-bond donors (Lipinski definition) is 1. The van der Waals surface area contributed by atoms with Crippen molar-refractivity contribution in [3.63, 3.8) is 0 Å². The van der Waals surface area contributed by atoms with E-state index in [9.17, 15) is 0 Å². The van der Waals surface area contributed by atoms with Gasteiger partial charge in [-0.2, -0.15) is 0 Å². The van der Waals surface area contributed by atoms with Crippen molar-refractivity contribution in [2.24, 2.45) is 0 Å². The zero-order valence-corrected chi connectivity index (χ0v) is 19.4. The van der Waals surface area contributed by atoms with Crippen molar-refractivity contribution < 1.29 is 9.47 Å². The molecule has 3 rings (SSSR count). The third-order valence-corrected chi connectivity index (χ3v) is 7.06. The number of nitrogens with one attached hydrogen (secondary N) is 1. The third kappa shape index (κ3) is 5.84. The predicted octanol–water partition coefficient (Wildman–Crippen LogP) is 5.76. The van der Waals surface area contributed by atoms with Crippen LogP contribution in [-0.4, -0.2) is 14.2 Å². The summed E-state index contributed by atoms with van der Waals surface area (Å²) in [6.45, 7) is 5.86. The summed E-state index contributed by atoms with van der Waals surface area (Å²) in [6.07, 6.45) is 1.04. The van der Waals surface area contributed by atoms with Gasteiger partial charge in [0.1, 0.15) is 18.1 Å². The number of benzene rings is 3. The molecule has 0 aromatic heterocycles. The highest BCUT2D eigenvalue weighted by molar-refractivity contribution is 7.47. The highest BCUT2D eigenvalue weighted by Crippen LogP contribution is 2.43. The fourth-order valence-corrected chi connectivity index (χ4v) is 5.07. The van der Waals surface area contributed by atoms with Gasteiger partial charge in [-0.3, -0.25) is 0 Å². The maximum absolute atomic E-state index is 6.28. The average Bonchev–Trinajstić information content (AvgIpc) is 2.78. The van der Waals surface area contributed by atoms with Crippen LogP contribution in [0.2, 0.25) is 0 Å². The molecule has 1 N–H and O–H groups in total. The normalized spacial score (nSPS) is 12.3. The highest BCUT2D eigenvalue weighted by atomic mass is 31.1. The zero-order chi connectivity index (χ0) is 21.3. The molecule has 158 valence electrons. The van der Waals surface area contributed by atoms with Crippen LogP contribution in [0.25, 0.3) is 0 Å². The first-order chi connectivity index (χ1) is 14.6. The van der Waals surface area contributed by atoms with E-state index in [0.29, 0.717) is 20.8 Å². The van der Waals surface area contributed by atoms with Crippen LogP contribution < -0.4 is 20.1 Å². The monoisotopic (exact) mass is 421 g/mol. The lowest BCUT2D eigenvalue weighted by atomic mass is 10.1. The van der Waals surface area contributed by atoms with Crippen molar-refractivity contribution in [3.05, 3.63) is 89.0 Å². The molecule has 0 heterocycles. The van der Waals surface area contributed by atoms with E-state index in [4.69, 9.17) is 9.47 Å². The summed E-state index contributed by atoms with van der Waals surface area (Å²) in [5.74, 6) is 1.82. The molecule has 3 aromatic rings. The summed E-state index contributed by atoms with van der Waals surface area (Å²) in [6, 6.07) is 23.3. The molecular formula is C26H32NO2P. The molecule has 0 amide bonds. The third-order valence-electron chi connectivity index (χ3n) is 5.20. The molecule has 0 aliphatic heterocycles. The lowest BCUT2D eigenvalue weighted by Gasteiger charge is -2.22. The zero-order valence-electron chi connectivity index (χ0n) is 18.4. The SMILES string of the molecule is CCC(Pc1ccc(C)cc1CNC)c1cc(OC)ccc1OCc1ccccc1. The number of hydrogen-bond acceptors (Lipinski definition) is 3. The summed E-state index contributed by atoms with van der Waals surface area (Å²) in [7, 11) is 4.39. The Morgan fingerprint density at radius 3 is 2.50 bits per heavy atom. The van der Waals surface area contributed by atoms with Crippen molar-refractivity contribution in [2.45, 2.75) is 39.1 Å². The molecule has 30 heavy (non-hydrogen) atoms. The van der Waals surface area contributed by atoms with Gasteiger partial charge in [0.05, 0.1) is 7.11 Å². The molecule has 0 spiro atoms. The summed E-state index contributed by atoms with van der Waals surface area (Å²) in [5.41, 5.74) is 5.45. The van der Waals surface area contributed by atoms with Crippen LogP contribution in [-0.2, 0) is 13.2 Å². The first kappa shape index (κ1) is 22.3. The van der Waals surface area contributed by atoms with Crippen molar-refractivity contribution in [1.82, 2.24) is 5.32 Å². The summed E-state index contributed by atoms with van der Waals surface area (Å²) in [5, 5.41) is 4.73. The average molecular weight is 422 g/mol. The van der Waals surface area contributed by atoms with E-state index in [1.807, 2.05) is 37.4 Å². The quantitative estimate of drug-likeness (QED) is 0.423. The van der Waals surface area contributed by atoms with Crippen LogP contribution in [0.4, 0.5) is 0 Å². The van der Waals surface area contributed by atoms with Crippen LogP contribution in [0.5, 0.6) is 11.5 Å². The van der Waals surface area contributed by atoms with Gasteiger partial charge in [-0.1, -0.05) is 69.6 Å². The smallest absolute Gasteiger partial charge is 0.123 e. The Labute approximate surface area is 182 Å². The molecule has 2 atom stereocenters. The number of ether oxygens (including phenoxy) is 2. The van der Waals surface area contributed by atoms with Gasteiger partial charge in [-0.15, -0.1) is 0 Å². The Morgan fingerprint density at radius 2 is 1.80 bits per heavy atom. The van der Waals surface area contributed by atoms with Crippen LogP contribution in [0.3, 0.4) is 0 Å². The summed E-state index contributed by atoms with van der Waals surface area (Å²) in [4.78, 5) is 0. The molecule has 0 saturated carbocycles. The Morgan fingerprint density at radius 1 is 1.00 bits per heavy atom. The molecule has 2 unspecified atom stereocenters. The van der Waals surface area contributed by atoms with E-state index in [1.165, 1.54) is 27.6 Å². The van der Waals surface area contributed by atoms with Gasteiger partial charge in [-0.05, 0) is 55.0 Å². The minimum Gasteiger partial charge on any atom is -0.497 e. The molecule has 0 bridgehead atoms.